The summed E-state index contributed by atoms with van der Waals surface area (Å²) in [5.41, 5.74) is 5.66. The van der Waals surface area contributed by atoms with Gasteiger partial charge < -0.3 is 10.8 Å². The Hall–Kier alpha value is -2.01. The number of aromatic nitrogens is 2. The number of nitrogen functional groups attached to an aromatic ring is 1. The van der Waals surface area contributed by atoms with Crippen molar-refractivity contribution in [2.24, 2.45) is 0 Å². The minimum atomic E-state index is -0.387. The summed E-state index contributed by atoms with van der Waals surface area (Å²) in [4.78, 5) is 17.4. The zero-order valence-electron chi connectivity index (χ0n) is 8.07. The number of nitrogens with one attached hydrogen (secondary N) is 1. The number of aromatic amines is 1. The topological polar surface area (TPSA) is 92.0 Å². The molecule has 0 aliphatic heterocycles. The Morgan fingerprint density at radius 3 is 2.81 bits per heavy atom. The maximum absolute atomic E-state index is 11.2. The predicted octanol–water partition coefficient (Wildman–Crippen LogP) is 1.38. The number of H-pyrrole nitrogens is 1. The number of rotatable bonds is 1. The molecule has 0 atom stereocenters. The first kappa shape index (κ1) is 10.5. The number of phenolic OH excluding ortho intramolecular Hbond substituents is 1. The zero-order chi connectivity index (χ0) is 11.7. The molecular formula is C10H8ClN3O2. The molecule has 0 fully saturated rings. The minimum Gasteiger partial charge on any atom is -0.507 e. The Morgan fingerprint density at radius 1 is 1.38 bits per heavy atom. The van der Waals surface area contributed by atoms with Gasteiger partial charge in [0.15, 0.2) is 0 Å². The molecule has 0 aliphatic rings. The smallest absolute Gasteiger partial charge is 0.252 e. The Kier molecular flexibility index (Phi) is 2.54. The van der Waals surface area contributed by atoms with Gasteiger partial charge in [0.05, 0.1) is 5.69 Å². The van der Waals surface area contributed by atoms with E-state index in [1.165, 1.54) is 24.3 Å². The van der Waals surface area contributed by atoms with Crippen molar-refractivity contribution in [3.63, 3.8) is 0 Å². The Bertz CT molecular complexity index is 595. The molecule has 0 bridgehead atoms. The fourth-order valence-corrected chi connectivity index (χ4v) is 1.50. The molecule has 5 nitrogen and oxygen atoms in total. The lowest BCUT2D eigenvalue weighted by Crippen LogP contribution is -2.10. The molecule has 82 valence electrons. The molecule has 0 amide bonds. The summed E-state index contributed by atoms with van der Waals surface area (Å²) in [5, 5.41) is 10.1. The first-order valence-electron chi connectivity index (χ1n) is 4.42. The number of phenols is 1. The van der Waals surface area contributed by atoms with Gasteiger partial charge in [0.1, 0.15) is 5.75 Å². The van der Waals surface area contributed by atoms with Crippen molar-refractivity contribution in [2.45, 2.75) is 0 Å². The van der Waals surface area contributed by atoms with E-state index in [9.17, 15) is 9.90 Å². The van der Waals surface area contributed by atoms with Gasteiger partial charge in [0.2, 0.25) is 5.95 Å². The molecule has 0 saturated heterocycles. The fourth-order valence-electron chi connectivity index (χ4n) is 1.33. The van der Waals surface area contributed by atoms with Crippen LogP contribution in [0.3, 0.4) is 0 Å². The molecule has 2 aromatic rings. The third-order valence-corrected chi connectivity index (χ3v) is 2.23. The van der Waals surface area contributed by atoms with Crippen molar-refractivity contribution in [3.05, 3.63) is 39.6 Å². The Labute approximate surface area is 95.5 Å². The summed E-state index contributed by atoms with van der Waals surface area (Å²) in [6.07, 6.45) is 0. The van der Waals surface area contributed by atoms with Gasteiger partial charge in [-0.1, -0.05) is 11.6 Å². The molecule has 4 N–H and O–H groups in total. The first-order chi connectivity index (χ1) is 7.56. The molecule has 2 rings (SSSR count). The number of nitrogens with zero attached hydrogens (tertiary/aromatic N) is 1. The number of benzene rings is 1. The summed E-state index contributed by atoms with van der Waals surface area (Å²) < 4.78 is 0. The number of halogens is 1. The summed E-state index contributed by atoms with van der Waals surface area (Å²) in [6.45, 7) is 0. The van der Waals surface area contributed by atoms with Crippen LogP contribution in [0.15, 0.2) is 29.1 Å². The molecule has 16 heavy (non-hydrogen) atoms. The van der Waals surface area contributed by atoms with Crippen LogP contribution in [0.2, 0.25) is 5.02 Å². The number of nitrogens with two attached hydrogens (primary N) is 1. The average Bonchev–Trinajstić information content (AvgIpc) is 2.20. The second-order valence-electron chi connectivity index (χ2n) is 3.18. The highest BCUT2D eigenvalue weighted by Crippen LogP contribution is 2.29. The van der Waals surface area contributed by atoms with E-state index in [0.29, 0.717) is 10.6 Å². The first-order valence-corrected chi connectivity index (χ1v) is 4.80. The van der Waals surface area contributed by atoms with E-state index < -0.39 is 0 Å². The van der Waals surface area contributed by atoms with Crippen molar-refractivity contribution in [3.8, 4) is 17.0 Å². The van der Waals surface area contributed by atoms with Gasteiger partial charge in [0.25, 0.3) is 5.56 Å². The van der Waals surface area contributed by atoms with Gasteiger partial charge in [-0.25, -0.2) is 4.98 Å². The monoisotopic (exact) mass is 237 g/mol. The molecule has 1 aromatic carbocycles. The highest BCUT2D eigenvalue weighted by atomic mass is 35.5. The SMILES string of the molecule is Nc1nc(-c2cc(Cl)ccc2O)cc(=O)[nH]1. The molecule has 0 saturated carbocycles. The van der Waals surface area contributed by atoms with Crippen LogP contribution in [0.4, 0.5) is 5.95 Å². The summed E-state index contributed by atoms with van der Waals surface area (Å²) >= 11 is 5.79. The maximum atomic E-state index is 11.2. The molecule has 0 aliphatic carbocycles. The van der Waals surface area contributed by atoms with Crippen molar-refractivity contribution in [2.75, 3.05) is 5.73 Å². The molecule has 0 unspecified atom stereocenters. The molecule has 6 heteroatoms. The van der Waals surface area contributed by atoms with Crippen molar-refractivity contribution >= 4 is 17.5 Å². The van der Waals surface area contributed by atoms with E-state index in [1.54, 1.807) is 0 Å². The number of anilines is 1. The molecule has 1 heterocycles. The van der Waals surface area contributed by atoms with E-state index >= 15 is 0 Å². The highest BCUT2D eigenvalue weighted by Gasteiger charge is 2.08. The molecule has 0 spiro atoms. The summed E-state index contributed by atoms with van der Waals surface area (Å²) in [5.74, 6) is -0.0243. The lowest BCUT2D eigenvalue weighted by Gasteiger charge is -2.04. The zero-order valence-corrected chi connectivity index (χ0v) is 8.82. The van der Waals surface area contributed by atoms with E-state index in [0.717, 1.165) is 0 Å². The lowest BCUT2D eigenvalue weighted by atomic mass is 10.1. The van der Waals surface area contributed by atoms with Gasteiger partial charge in [-0.15, -0.1) is 0 Å². The fraction of sp³-hybridized carbons (Fsp3) is 0. The third kappa shape index (κ3) is 1.99. The van der Waals surface area contributed by atoms with Crippen molar-refractivity contribution < 1.29 is 5.11 Å². The lowest BCUT2D eigenvalue weighted by molar-refractivity contribution is 0.477. The summed E-state index contributed by atoms with van der Waals surface area (Å²) in [7, 11) is 0. The van der Waals surface area contributed by atoms with E-state index in [-0.39, 0.29) is 23.0 Å². The van der Waals surface area contributed by atoms with Crippen molar-refractivity contribution in [1.82, 2.24) is 9.97 Å². The number of hydrogen-bond acceptors (Lipinski definition) is 4. The molecular weight excluding hydrogens is 230 g/mol. The standard InChI is InChI=1S/C10H8ClN3O2/c11-5-1-2-8(15)6(3-5)7-4-9(16)14-10(12)13-7/h1-4,15H,(H3,12,13,14,16). The number of aromatic hydroxyl groups is 1. The second-order valence-corrected chi connectivity index (χ2v) is 3.61. The minimum absolute atomic E-state index is 0.0121. The molecule has 0 radical (unpaired) electrons. The van der Waals surface area contributed by atoms with Crippen LogP contribution in [0.25, 0.3) is 11.3 Å². The normalized spacial score (nSPS) is 10.3. The molecule has 1 aromatic heterocycles. The van der Waals surface area contributed by atoms with Gasteiger partial charge >= 0.3 is 0 Å². The maximum Gasteiger partial charge on any atom is 0.252 e. The second kappa shape index (κ2) is 3.86. The van der Waals surface area contributed by atoms with Gasteiger partial charge in [-0.05, 0) is 18.2 Å². The van der Waals surface area contributed by atoms with Crippen LogP contribution in [0, 0.1) is 0 Å². The van der Waals surface area contributed by atoms with Gasteiger partial charge in [0, 0.05) is 16.7 Å². The van der Waals surface area contributed by atoms with Crippen LogP contribution < -0.4 is 11.3 Å². The quantitative estimate of drug-likeness (QED) is 0.699. The van der Waals surface area contributed by atoms with Crippen LogP contribution in [-0.4, -0.2) is 15.1 Å². The predicted molar refractivity (Wildman–Crippen MR) is 61.4 cm³/mol. The van der Waals surface area contributed by atoms with Crippen LogP contribution in [0.1, 0.15) is 0 Å². The Morgan fingerprint density at radius 2 is 2.12 bits per heavy atom. The van der Waals surface area contributed by atoms with Crippen molar-refractivity contribution in [1.29, 1.82) is 0 Å². The largest absolute Gasteiger partial charge is 0.507 e. The van der Waals surface area contributed by atoms with E-state index in [4.69, 9.17) is 17.3 Å². The van der Waals surface area contributed by atoms with E-state index in [2.05, 4.69) is 9.97 Å². The van der Waals surface area contributed by atoms with Crippen LogP contribution >= 0.6 is 11.6 Å². The average molecular weight is 238 g/mol. The number of hydrogen-bond donors (Lipinski definition) is 3. The summed E-state index contributed by atoms with van der Waals surface area (Å²) in [6, 6.07) is 5.72. The van der Waals surface area contributed by atoms with Crippen LogP contribution in [-0.2, 0) is 0 Å². The van der Waals surface area contributed by atoms with Gasteiger partial charge in [-0.3, -0.25) is 9.78 Å². The highest BCUT2D eigenvalue weighted by molar-refractivity contribution is 6.30. The third-order valence-electron chi connectivity index (χ3n) is 1.99. The Balaban J connectivity index is 2.66. The van der Waals surface area contributed by atoms with Gasteiger partial charge in [-0.2, -0.15) is 0 Å². The van der Waals surface area contributed by atoms with E-state index in [1.807, 2.05) is 0 Å². The van der Waals surface area contributed by atoms with Crippen LogP contribution in [0.5, 0.6) is 5.75 Å².